The van der Waals surface area contributed by atoms with Crippen LogP contribution in [-0.4, -0.2) is 31.0 Å². The molecule has 110 valence electrons. The first-order valence-corrected chi connectivity index (χ1v) is 7.96. The summed E-state index contributed by atoms with van der Waals surface area (Å²) in [5, 5.41) is 10.5. The Kier molecular flexibility index (Phi) is 4.69. The molecule has 0 N–H and O–H groups in total. The molecule has 1 heterocycles. The molecule has 7 nitrogen and oxygen atoms in total. The van der Waals surface area contributed by atoms with Gasteiger partial charge in [-0.05, 0) is 24.8 Å². The van der Waals surface area contributed by atoms with E-state index in [1.54, 1.807) is 0 Å². The molecule has 0 spiro atoms. The maximum atomic E-state index is 12.2. The maximum absolute atomic E-state index is 12.2. The Morgan fingerprint density at radius 2 is 1.90 bits per heavy atom. The number of hydrogen-bond donors (Lipinski definition) is 0. The normalized spacial score (nSPS) is 17.6. The minimum atomic E-state index is -3.55. The van der Waals surface area contributed by atoms with Crippen molar-refractivity contribution in [2.75, 3.05) is 13.2 Å². The van der Waals surface area contributed by atoms with Crippen LogP contribution in [0.2, 0.25) is 0 Å². The van der Waals surface area contributed by atoms with Gasteiger partial charge in [-0.2, -0.15) is 0 Å². The number of nitrogens with zero attached hydrogens (tertiary/aromatic N) is 2. The van der Waals surface area contributed by atoms with Crippen molar-refractivity contribution < 1.29 is 18.2 Å². The number of nitro benzene ring substituents is 1. The zero-order valence-electron chi connectivity index (χ0n) is 10.9. The van der Waals surface area contributed by atoms with Crippen molar-refractivity contribution in [1.82, 2.24) is 4.47 Å². The first-order chi connectivity index (χ1) is 9.49. The van der Waals surface area contributed by atoms with Gasteiger partial charge in [-0.3, -0.25) is 15.0 Å². The molecule has 0 radical (unpaired) electrons. The van der Waals surface area contributed by atoms with Crippen LogP contribution in [0.5, 0.6) is 0 Å². The Labute approximate surface area is 117 Å². The van der Waals surface area contributed by atoms with E-state index in [0.717, 1.165) is 23.7 Å². The van der Waals surface area contributed by atoms with Crippen molar-refractivity contribution >= 4 is 15.7 Å². The van der Waals surface area contributed by atoms with E-state index < -0.39 is 14.9 Å². The van der Waals surface area contributed by atoms with Gasteiger partial charge in [0.15, 0.2) is 0 Å². The summed E-state index contributed by atoms with van der Waals surface area (Å²) < 4.78 is 25.4. The van der Waals surface area contributed by atoms with Gasteiger partial charge in [0.25, 0.3) is 5.69 Å². The summed E-state index contributed by atoms with van der Waals surface area (Å²) >= 11 is 0. The zero-order valence-corrected chi connectivity index (χ0v) is 11.7. The largest absolute Gasteiger partial charge is 0.284 e. The molecule has 0 amide bonds. The number of rotatable bonds is 4. The number of benzene rings is 1. The van der Waals surface area contributed by atoms with Crippen LogP contribution >= 0.6 is 0 Å². The van der Waals surface area contributed by atoms with Crippen LogP contribution in [0, 0.1) is 10.1 Å². The molecular weight excluding hydrogens is 284 g/mol. The number of non-ortho nitro benzene ring substituents is 1. The van der Waals surface area contributed by atoms with Crippen LogP contribution in [0.1, 0.15) is 24.8 Å². The van der Waals surface area contributed by atoms with Crippen LogP contribution < -0.4 is 0 Å². The summed E-state index contributed by atoms with van der Waals surface area (Å²) in [4.78, 5) is 15.3. The highest BCUT2D eigenvalue weighted by atomic mass is 32.2. The standard InChI is InChI=1S/C12H16N2O5S/c15-14(16)12-6-4-11(5-7-12)10-20(17,18)13-8-2-1-3-9-19-13/h4-7H,1-3,8-10H2. The molecule has 1 aliphatic rings. The van der Waals surface area contributed by atoms with Crippen molar-refractivity contribution in [2.24, 2.45) is 0 Å². The van der Waals surface area contributed by atoms with Gasteiger partial charge in [0.05, 0.1) is 17.3 Å². The summed E-state index contributed by atoms with van der Waals surface area (Å²) in [6.45, 7) is 0.759. The fourth-order valence-electron chi connectivity index (χ4n) is 1.97. The summed E-state index contributed by atoms with van der Waals surface area (Å²) in [5.41, 5.74) is 0.445. The number of nitro groups is 1. The summed E-state index contributed by atoms with van der Waals surface area (Å²) in [6.07, 6.45) is 2.58. The third-order valence-electron chi connectivity index (χ3n) is 3.03. The van der Waals surface area contributed by atoms with Gasteiger partial charge in [0.1, 0.15) is 0 Å². The Bertz CT molecular complexity index is 562. The molecule has 2 rings (SSSR count). The fraction of sp³-hybridized carbons (Fsp3) is 0.500. The van der Waals surface area contributed by atoms with Gasteiger partial charge in [0, 0.05) is 18.7 Å². The van der Waals surface area contributed by atoms with Gasteiger partial charge in [-0.15, -0.1) is 0 Å². The second kappa shape index (κ2) is 6.29. The highest BCUT2D eigenvalue weighted by Crippen LogP contribution is 2.18. The lowest BCUT2D eigenvalue weighted by Gasteiger charge is -2.18. The Hall–Kier alpha value is -1.51. The maximum Gasteiger partial charge on any atom is 0.269 e. The van der Waals surface area contributed by atoms with E-state index in [1.165, 1.54) is 24.3 Å². The van der Waals surface area contributed by atoms with Crippen LogP contribution in [0.3, 0.4) is 0 Å². The predicted octanol–water partition coefficient (Wildman–Crippen LogP) is 1.84. The topological polar surface area (TPSA) is 89.8 Å². The molecule has 1 fully saturated rings. The van der Waals surface area contributed by atoms with Gasteiger partial charge in [-0.25, -0.2) is 8.42 Å². The van der Waals surface area contributed by atoms with E-state index in [1.807, 2.05) is 0 Å². The molecule has 1 aromatic carbocycles. The Balaban J connectivity index is 2.08. The Morgan fingerprint density at radius 1 is 1.20 bits per heavy atom. The SMILES string of the molecule is O=[N+]([O-])c1ccc(CS(=O)(=O)N2CCCCCO2)cc1. The average molecular weight is 300 g/mol. The molecule has 0 unspecified atom stereocenters. The first-order valence-electron chi connectivity index (χ1n) is 6.36. The van der Waals surface area contributed by atoms with Crippen molar-refractivity contribution in [3.8, 4) is 0 Å². The van der Waals surface area contributed by atoms with Crippen molar-refractivity contribution in [3.05, 3.63) is 39.9 Å². The zero-order chi connectivity index (χ0) is 14.6. The number of hydrogen-bond acceptors (Lipinski definition) is 5. The van der Waals surface area contributed by atoms with E-state index in [2.05, 4.69) is 0 Å². The highest BCUT2D eigenvalue weighted by molar-refractivity contribution is 7.88. The van der Waals surface area contributed by atoms with Crippen LogP contribution in [0.15, 0.2) is 24.3 Å². The van der Waals surface area contributed by atoms with Crippen LogP contribution in [0.4, 0.5) is 5.69 Å². The van der Waals surface area contributed by atoms with Crippen molar-refractivity contribution in [1.29, 1.82) is 0 Å². The molecule has 1 aromatic rings. The van der Waals surface area contributed by atoms with Gasteiger partial charge >= 0.3 is 0 Å². The average Bonchev–Trinajstić information content (AvgIpc) is 2.68. The fourth-order valence-corrected chi connectivity index (χ4v) is 3.37. The predicted molar refractivity (Wildman–Crippen MR) is 72.2 cm³/mol. The smallest absolute Gasteiger partial charge is 0.269 e. The van der Waals surface area contributed by atoms with Gasteiger partial charge in [-0.1, -0.05) is 16.6 Å². The minimum absolute atomic E-state index is 0.0582. The quantitative estimate of drug-likeness (QED) is 0.625. The summed E-state index contributed by atoms with van der Waals surface area (Å²) in [6, 6.07) is 5.50. The molecule has 0 bridgehead atoms. The molecular formula is C12H16N2O5S. The second-order valence-corrected chi connectivity index (χ2v) is 6.46. The lowest BCUT2D eigenvalue weighted by Crippen LogP contribution is -2.32. The van der Waals surface area contributed by atoms with Crippen LogP contribution in [-0.2, 0) is 20.6 Å². The molecule has 1 aliphatic heterocycles. The van der Waals surface area contributed by atoms with E-state index in [4.69, 9.17) is 4.84 Å². The minimum Gasteiger partial charge on any atom is -0.284 e. The molecule has 0 aliphatic carbocycles. The lowest BCUT2D eigenvalue weighted by molar-refractivity contribution is -0.384. The lowest BCUT2D eigenvalue weighted by atomic mass is 10.2. The second-order valence-electron chi connectivity index (χ2n) is 4.60. The first kappa shape index (κ1) is 14.9. The van der Waals surface area contributed by atoms with Crippen molar-refractivity contribution in [2.45, 2.75) is 25.0 Å². The van der Waals surface area contributed by atoms with E-state index >= 15 is 0 Å². The molecule has 0 aromatic heterocycles. The third kappa shape index (κ3) is 3.75. The number of hydroxylamine groups is 1. The highest BCUT2D eigenvalue weighted by Gasteiger charge is 2.24. The summed E-state index contributed by atoms with van der Waals surface area (Å²) in [7, 11) is -3.55. The van der Waals surface area contributed by atoms with E-state index in [-0.39, 0.29) is 11.4 Å². The van der Waals surface area contributed by atoms with E-state index in [9.17, 15) is 18.5 Å². The molecule has 0 atom stereocenters. The molecule has 0 saturated carbocycles. The van der Waals surface area contributed by atoms with Crippen LogP contribution in [0.25, 0.3) is 0 Å². The monoisotopic (exact) mass is 300 g/mol. The molecule has 20 heavy (non-hydrogen) atoms. The molecule has 1 saturated heterocycles. The third-order valence-corrected chi connectivity index (χ3v) is 4.63. The van der Waals surface area contributed by atoms with Gasteiger partial charge < -0.3 is 0 Å². The summed E-state index contributed by atoms with van der Waals surface area (Å²) in [5.74, 6) is -0.217. The Morgan fingerprint density at radius 3 is 2.55 bits per heavy atom. The van der Waals surface area contributed by atoms with Crippen molar-refractivity contribution in [3.63, 3.8) is 0 Å². The van der Waals surface area contributed by atoms with Gasteiger partial charge in [0.2, 0.25) is 10.0 Å². The van der Waals surface area contributed by atoms with E-state index in [0.29, 0.717) is 18.7 Å². The number of sulfonamides is 1. The molecule has 8 heteroatoms.